The Balaban J connectivity index is 1.52. The number of hydrogen-bond acceptors (Lipinski definition) is 5. The second kappa shape index (κ2) is 8.39. The van der Waals surface area contributed by atoms with Crippen molar-refractivity contribution in [2.45, 2.75) is 55.3 Å². The third-order valence-corrected chi connectivity index (χ3v) is 5.74. The van der Waals surface area contributed by atoms with Crippen molar-refractivity contribution < 1.29 is 14.2 Å². The molecule has 1 N–H and O–H groups in total. The molecule has 0 aromatic heterocycles. The molecule has 0 saturated carbocycles. The molecule has 1 atom stereocenters. The molecule has 24 heavy (non-hydrogen) atoms. The second-order valence-electron chi connectivity index (χ2n) is 6.59. The molecule has 1 spiro atoms. The summed E-state index contributed by atoms with van der Waals surface area (Å²) in [6, 6.07) is 6.11. The first-order valence-corrected chi connectivity index (χ1v) is 9.88. The van der Waals surface area contributed by atoms with E-state index in [4.69, 9.17) is 25.8 Å². The summed E-state index contributed by atoms with van der Waals surface area (Å²) in [5, 5.41) is 4.83. The molecule has 0 aliphatic carbocycles. The summed E-state index contributed by atoms with van der Waals surface area (Å²) in [6.45, 7) is 7.97. The van der Waals surface area contributed by atoms with Gasteiger partial charge in [0.1, 0.15) is 0 Å². The van der Waals surface area contributed by atoms with Crippen LogP contribution in [0.5, 0.6) is 0 Å². The van der Waals surface area contributed by atoms with E-state index in [2.05, 4.69) is 25.2 Å². The normalized spacial score (nSPS) is 23.2. The van der Waals surface area contributed by atoms with Crippen molar-refractivity contribution >= 4 is 23.4 Å². The summed E-state index contributed by atoms with van der Waals surface area (Å²) in [5.41, 5.74) is 1.16. The third-order valence-electron chi connectivity index (χ3n) is 4.28. The molecule has 2 aliphatic rings. The minimum Gasteiger partial charge on any atom is -0.381 e. The molecule has 0 amide bonds. The average Bonchev–Trinajstić information content (AvgIpc) is 2.93. The molecule has 1 aromatic carbocycles. The highest BCUT2D eigenvalue weighted by molar-refractivity contribution is 8.00. The van der Waals surface area contributed by atoms with E-state index in [1.807, 2.05) is 23.9 Å². The number of thioether (sulfide) groups is 1. The van der Waals surface area contributed by atoms with Gasteiger partial charge < -0.3 is 19.5 Å². The summed E-state index contributed by atoms with van der Waals surface area (Å²) >= 11 is 8.25. The summed E-state index contributed by atoms with van der Waals surface area (Å²) in [4.78, 5) is 1.24. The second-order valence-corrected chi connectivity index (χ2v) is 8.61. The van der Waals surface area contributed by atoms with Gasteiger partial charge in [-0.25, -0.2) is 0 Å². The summed E-state index contributed by atoms with van der Waals surface area (Å²) in [5.74, 6) is -0.409. The number of nitrogens with one attached hydrogen (secondary N) is 1. The van der Waals surface area contributed by atoms with Crippen molar-refractivity contribution in [2.75, 3.05) is 26.4 Å². The van der Waals surface area contributed by atoms with Crippen LogP contribution in [-0.4, -0.2) is 43.5 Å². The van der Waals surface area contributed by atoms with Gasteiger partial charge in [-0.3, -0.25) is 0 Å². The van der Waals surface area contributed by atoms with Crippen molar-refractivity contribution in [1.82, 2.24) is 5.32 Å². The molecule has 1 aromatic rings. The highest BCUT2D eigenvalue weighted by Gasteiger charge is 2.42. The van der Waals surface area contributed by atoms with E-state index in [1.54, 1.807) is 0 Å². The van der Waals surface area contributed by atoms with Crippen LogP contribution in [0.3, 0.4) is 0 Å². The van der Waals surface area contributed by atoms with Crippen LogP contribution in [0.2, 0.25) is 5.02 Å². The Morgan fingerprint density at radius 2 is 2.12 bits per heavy atom. The number of rotatable bonds is 6. The zero-order valence-corrected chi connectivity index (χ0v) is 15.9. The van der Waals surface area contributed by atoms with E-state index >= 15 is 0 Å². The monoisotopic (exact) mass is 371 g/mol. The average molecular weight is 372 g/mol. The van der Waals surface area contributed by atoms with Gasteiger partial charge in [-0.1, -0.05) is 31.5 Å². The lowest BCUT2D eigenvalue weighted by Gasteiger charge is -2.31. The van der Waals surface area contributed by atoms with Crippen LogP contribution in [0.1, 0.15) is 32.3 Å². The van der Waals surface area contributed by atoms with E-state index in [0.717, 1.165) is 49.7 Å². The number of benzene rings is 1. The Kier molecular flexibility index (Phi) is 6.46. The summed E-state index contributed by atoms with van der Waals surface area (Å²) < 4.78 is 17.5. The minimum absolute atomic E-state index is 0.0896. The zero-order chi connectivity index (χ0) is 17.0. The topological polar surface area (TPSA) is 39.7 Å². The van der Waals surface area contributed by atoms with E-state index in [1.165, 1.54) is 4.90 Å². The summed E-state index contributed by atoms with van der Waals surface area (Å²) in [7, 11) is 0. The van der Waals surface area contributed by atoms with E-state index in [9.17, 15) is 0 Å². The van der Waals surface area contributed by atoms with Crippen LogP contribution in [0.15, 0.2) is 23.1 Å². The first-order chi connectivity index (χ1) is 11.6. The molecule has 3 rings (SSSR count). The molecular formula is C18H26ClNO3S. The maximum Gasteiger partial charge on any atom is 0.173 e. The van der Waals surface area contributed by atoms with Crippen molar-refractivity contribution in [1.29, 1.82) is 0 Å². The highest BCUT2D eigenvalue weighted by Crippen LogP contribution is 2.33. The first kappa shape index (κ1) is 18.5. The smallest absolute Gasteiger partial charge is 0.173 e. The van der Waals surface area contributed by atoms with Crippen molar-refractivity contribution in [3.05, 3.63) is 28.8 Å². The van der Waals surface area contributed by atoms with Gasteiger partial charge in [0.15, 0.2) is 5.79 Å². The van der Waals surface area contributed by atoms with E-state index in [-0.39, 0.29) is 6.10 Å². The Morgan fingerprint density at radius 3 is 2.88 bits per heavy atom. The predicted octanol–water partition coefficient (Wildman–Crippen LogP) is 3.85. The summed E-state index contributed by atoms with van der Waals surface area (Å²) in [6.07, 6.45) is 1.73. The lowest BCUT2D eigenvalue weighted by molar-refractivity contribution is -0.210. The SMILES string of the molecule is CC(C)Sc1cccc(Cl)c1CNCC1COC2(CCOCC2)O1. The number of hydrogen-bond donors (Lipinski definition) is 1. The zero-order valence-electron chi connectivity index (χ0n) is 14.3. The van der Waals surface area contributed by atoms with Gasteiger partial charge in [-0.15, -0.1) is 11.8 Å². The Labute approximate surface area is 153 Å². The van der Waals surface area contributed by atoms with Crippen LogP contribution in [-0.2, 0) is 20.8 Å². The highest BCUT2D eigenvalue weighted by atomic mass is 35.5. The largest absolute Gasteiger partial charge is 0.381 e. The van der Waals surface area contributed by atoms with Gasteiger partial charge in [0, 0.05) is 41.1 Å². The lowest BCUT2D eigenvalue weighted by Crippen LogP contribution is -2.39. The Morgan fingerprint density at radius 1 is 1.33 bits per heavy atom. The van der Waals surface area contributed by atoms with Gasteiger partial charge in [-0.2, -0.15) is 0 Å². The predicted molar refractivity (Wildman–Crippen MR) is 97.8 cm³/mol. The number of ether oxygens (including phenoxy) is 3. The third kappa shape index (κ3) is 4.65. The molecule has 2 heterocycles. The number of halogens is 1. The minimum atomic E-state index is -0.409. The van der Waals surface area contributed by atoms with E-state index in [0.29, 0.717) is 11.9 Å². The Bertz CT molecular complexity index is 549. The standard InChI is InChI=1S/C18H26ClNO3S/c1-13(2)24-17-5-3-4-16(19)15(17)11-20-10-14-12-22-18(23-14)6-8-21-9-7-18/h3-5,13-14,20H,6-12H2,1-2H3. The lowest BCUT2D eigenvalue weighted by atomic mass is 10.1. The van der Waals surface area contributed by atoms with Crippen LogP contribution >= 0.6 is 23.4 Å². The molecule has 0 bridgehead atoms. The molecule has 0 radical (unpaired) electrons. The molecular weight excluding hydrogens is 346 g/mol. The fourth-order valence-corrected chi connectivity index (χ4v) is 4.38. The Hall–Kier alpha value is -0.300. The quantitative estimate of drug-likeness (QED) is 0.769. The molecule has 2 fully saturated rings. The van der Waals surface area contributed by atoms with Crippen LogP contribution in [0.4, 0.5) is 0 Å². The van der Waals surface area contributed by atoms with Crippen LogP contribution in [0, 0.1) is 0 Å². The fourth-order valence-electron chi connectivity index (χ4n) is 3.09. The van der Waals surface area contributed by atoms with E-state index < -0.39 is 5.79 Å². The van der Waals surface area contributed by atoms with Crippen molar-refractivity contribution in [3.63, 3.8) is 0 Å². The molecule has 2 saturated heterocycles. The molecule has 134 valence electrons. The van der Waals surface area contributed by atoms with Gasteiger partial charge in [0.25, 0.3) is 0 Å². The van der Waals surface area contributed by atoms with Gasteiger partial charge >= 0.3 is 0 Å². The molecule has 4 nitrogen and oxygen atoms in total. The van der Waals surface area contributed by atoms with Gasteiger partial charge in [0.05, 0.1) is 25.9 Å². The molecule has 6 heteroatoms. The first-order valence-electron chi connectivity index (χ1n) is 8.62. The molecule has 2 aliphatic heterocycles. The van der Waals surface area contributed by atoms with Crippen LogP contribution in [0.25, 0.3) is 0 Å². The van der Waals surface area contributed by atoms with Gasteiger partial charge in [-0.05, 0) is 17.7 Å². The van der Waals surface area contributed by atoms with Gasteiger partial charge in [0.2, 0.25) is 0 Å². The maximum atomic E-state index is 6.40. The molecule has 1 unspecified atom stereocenters. The van der Waals surface area contributed by atoms with Crippen molar-refractivity contribution in [2.24, 2.45) is 0 Å². The van der Waals surface area contributed by atoms with Crippen molar-refractivity contribution in [3.8, 4) is 0 Å². The fraction of sp³-hybridized carbons (Fsp3) is 0.667. The van der Waals surface area contributed by atoms with Crippen LogP contribution < -0.4 is 5.32 Å². The maximum absolute atomic E-state index is 6.40.